The molecule has 0 aliphatic carbocycles. The van der Waals surface area contributed by atoms with Crippen molar-refractivity contribution in [3.63, 3.8) is 0 Å². The van der Waals surface area contributed by atoms with Crippen molar-refractivity contribution in [3.8, 4) is 0 Å². The number of Topliss-reactive ketones (excluding diaryl/α,β-unsaturated/α-hetero) is 1. The highest BCUT2D eigenvalue weighted by Gasteiger charge is 2.14. The summed E-state index contributed by atoms with van der Waals surface area (Å²) in [6.45, 7) is 9.81. The van der Waals surface area contributed by atoms with E-state index in [1.807, 2.05) is 13.8 Å². The van der Waals surface area contributed by atoms with Crippen molar-refractivity contribution in [2.45, 2.75) is 71.8 Å². The van der Waals surface area contributed by atoms with Gasteiger partial charge in [0.2, 0.25) is 5.91 Å². The molecule has 6 nitrogen and oxygen atoms in total. The van der Waals surface area contributed by atoms with Crippen molar-refractivity contribution in [3.05, 3.63) is 0 Å². The number of amides is 1. The fraction of sp³-hybridized carbons (Fsp3) is 0.895. The Morgan fingerprint density at radius 3 is 2.28 bits per heavy atom. The molecule has 0 aliphatic heterocycles. The molecular formula is C19H38N2O4. The quantitative estimate of drug-likeness (QED) is 0.368. The van der Waals surface area contributed by atoms with Gasteiger partial charge in [0.25, 0.3) is 0 Å². The van der Waals surface area contributed by atoms with Crippen LogP contribution in [0.15, 0.2) is 0 Å². The molecule has 0 rings (SSSR count). The molecule has 0 radical (unpaired) electrons. The summed E-state index contributed by atoms with van der Waals surface area (Å²) in [5.41, 5.74) is 0. The standard InChI is InChI=1S/C19H38N2O4/c1-4-7-13-24-15-16-25-14-11-19(23)21-12-9-8-10-17(20-6-3)18(22)5-2/h17,20H,4-16H2,1-3H3,(H,21,23). The minimum Gasteiger partial charge on any atom is -0.379 e. The van der Waals surface area contributed by atoms with Crippen molar-refractivity contribution < 1.29 is 19.1 Å². The van der Waals surface area contributed by atoms with Crippen LogP contribution in [0, 0.1) is 0 Å². The van der Waals surface area contributed by atoms with Gasteiger partial charge in [-0.3, -0.25) is 9.59 Å². The van der Waals surface area contributed by atoms with Crippen molar-refractivity contribution in [1.82, 2.24) is 10.6 Å². The van der Waals surface area contributed by atoms with Gasteiger partial charge in [0, 0.05) is 26.0 Å². The van der Waals surface area contributed by atoms with Crippen LogP contribution in [-0.4, -0.2) is 57.2 Å². The molecule has 6 heteroatoms. The van der Waals surface area contributed by atoms with Crippen LogP contribution in [0.2, 0.25) is 0 Å². The smallest absolute Gasteiger partial charge is 0.222 e. The van der Waals surface area contributed by atoms with E-state index < -0.39 is 0 Å². The molecule has 0 aromatic rings. The predicted molar refractivity (Wildman–Crippen MR) is 101 cm³/mol. The van der Waals surface area contributed by atoms with Crippen LogP contribution in [0.5, 0.6) is 0 Å². The third kappa shape index (κ3) is 15.0. The first kappa shape index (κ1) is 24.0. The van der Waals surface area contributed by atoms with E-state index in [0.717, 1.165) is 45.3 Å². The summed E-state index contributed by atoms with van der Waals surface area (Å²) in [6, 6.07) is -0.0429. The van der Waals surface area contributed by atoms with Gasteiger partial charge in [-0.25, -0.2) is 0 Å². The second kappa shape index (κ2) is 17.8. The summed E-state index contributed by atoms with van der Waals surface area (Å²) in [7, 11) is 0. The Labute approximate surface area is 153 Å². The molecule has 1 amide bonds. The molecule has 0 fully saturated rings. The van der Waals surface area contributed by atoms with Crippen LogP contribution in [0.25, 0.3) is 0 Å². The number of rotatable bonds is 18. The zero-order valence-corrected chi connectivity index (χ0v) is 16.4. The third-order valence-electron chi connectivity index (χ3n) is 3.92. The van der Waals surface area contributed by atoms with Gasteiger partial charge in [-0.05, 0) is 32.2 Å². The van der Waals surface area contributed by atoms with E-state index in [2.05, 4.69) is 17.6 Å². The highest BCUT2D eigenvalue weighted by molar-refractivity contribution is 5.83. The van der Waals surface area contributed by atoms with Gasteiger partial charge >= 0.3 is 0 Å². The van der Waals surface area contributed by atoms with Crippen LogP contribution in [0.1, 0.15) is 65.7 Å². The Morgan fingerprint density at radius 1 is 0.920 bits per heavy atom. The lowest BCUT2D eigenvalue weighted by Crippen LogP contribution is -2.36. The van der Waals surface area contributed by atoms with Gasteiger partial charge in [-0.15, -0.1) is 0 Å². The minimum atomic E-state index is -0.0429. The van der Waals surface area contributed by atoms with Gasteiger partial charge in [-0.2, -0.15) is 0 Å². The third-order valence-corrected chi connectivity index (χ3v) is 3.92. The number of unbranched alkanes of at least 4 members (excludes halogenated alkanes) is 2. The van der Waals surface area contributed by atoms with Gasteiger partial charge in [0.1, 0.15) is 5.78 Å². The molecule has 0 saturated carbocycles. The van der Waals surface area contributed by atoms with Gasteiger partial charge in [-0.1, -0.05) is 27.2 Å². The maximum absolute atomic E-state index is 11.8. The molecule has 0 bridgehead atoms. The van der Waals surface area contributed by atoms with Gasteiger partial charge in [0.05, 0.1) is 25.9 Å². The molecule has 1 atom stereocenters. The molecule has 148 valence electrons. The van der Waals surface area contributed by atoms with E-state index in [9.17, 15) is 9.59 Å². The van der Waals surface area contributed by atoms with Gasteiger partial charge in [0.15, 0.2) is 0 Å². The van der Waals surface area contributed by atoms with Crippen LogP contribution in [0.4, 0.5) is 0 Å². The minimum absolute atomic E-state index is 0.0137. The summed E-state index contributed by atoms with van der Waals surface area (Å²) >= 11 is 0. The van der Waals surface area contributed by atoms with Crippen molar-refractivity contribution in [2.24, 2.45) is 0 Å². The second-order valence-electron chi connectivity index (χ2n) is 6.10. The maximum Gasteiger partial charge on any atom is 0.222 e. The predicted octanol–water partition coefficient (Wildman–Crippen LogP) is 2.45. The van der Waals surface area contributed by atoms with Crippen LogP contribution >= 0.6 is 0 Å². The van der Waals surface area contributed by atoms with Crippen LogP contribution < -0.4 is 10.6 Å². The molecule has 25 heavy (non-hydrogen) atoms. The lowest BCUT2D eigenvalue weighted by atomic mass is 10.0. The monoisotopic (exact) mass is 358 g/mol. The number of carbonyl (C=O) groups excluding carboxylic acids is 2. The first-order valence-electron chi connectivity index (χ1n) is 9.83. The van der Waals surface area contributed by atoms with Crippen LogP contribution in [-0.2, 0) is 19.1 Å². The summed E-state index contributed by atoms with van der Waals surface area (Å²) in [4.78, 5) is 23.4. The van der Waals surface area contributed by atoms with Crippen LogP contribution in [0.3, 0.4) is 0 Å². The summed E-state index contributed by atoms with van der Waals surface area (Å²) in [6.07, 6.45) is 5.79. The number of ketones is 1. The molecule has 0 aromatic carbocycles. The molecular weight excluding hydrogens is 320 g/mol. The number of carbonyl (C=O) groups is 2. The summed E-state index contributed by atoms with van der Waals surface area (Å²) in [5.74, 6) is 0.279. The average Bonchev–Trinajstić information content (AvgIpc) is 2.62. The Morgan fingerprint density at radius 2 is 1.64 bits per heavy atom. The van der Waals surface area contributed by atoms with E-state index in [1.165, 1.54) is 0 Å². The van der Waals surface area contributed by atoms with Crippen molar-refractivity contribution in [1.29, 1.82) is 0 Å². The van der Waals surface area contributed by atoms with Gasteiger partial charge < -0.3 is 20.1 Å². The first-order valence-corrected chi connectivity index (χ1v) is 9.83. The number of hydrogen-bond donors (Lipinski definition) is 2. The zero-order valence-electron chi connectivity index (χ0n) is 16.4. The Hall–Kier alpha value is -0.980. The summed E-state index contributed by atoms with van der Waals surface area (Å²) < 4.78 is 10.8. The average molecular weight is 359 g/mol. The van der Waals surface area contributed by atoms with Crippen molar-refractivity contribution >= 4 is 11.7 Å². The zero-order chi connectivity index (χ0) is 18.8. The molecule has 2 N–H and O–H groups in total. The fourth-order valence-corrected chi connectivity index (χ4v) is 2.39. The second-order valence-corrected chi connectivity index (χ2v) is 6.10. The SMILES string of the molecule is CCCCOCCOCCC(=O)NCCCCC(NCC)C(=O)CC. The Bertz CT molecular complexity index is 337. The van der Waals surface area contributed by atoms with E-state index in [1.54, 1.807) is 0 Å². The lowest BCUT2D eigenvalue weighted by molar-refractivity contribution is -0.122. The van der Waals surface area contributed by atoms with E-state index >= 15 is 0 Å². The number of likely N-dealkylation sites (N-methyl/N-ethyl adjacent to an activating group) is 1. The largest absolute Gasteiger partial charge is 0.379 e. The van der Waals surface area contributed by atoms with Crippen molar-refractivity contribution in [2.75, 3.05) is 39.5 Å². The highest BCUT2D eigenvalue weighted by atomic mass is 16.5. The highest BCUT2D eigenvalue weighted by Crippen LogP contribution is 2.04. The Balaban J connectivity index is 3.49. The molecule has 1 unspecified atom stereocenters. The summed E-state index contributed by atoms with van der Waals surface area (Å²) in [5, 5.41) is 6.12. The van der Waals surface area contributed by atoms with E-state index in [4.69, 9.17) is 9.47 Å². The molecule has 0 saturated heterocycles. The topological polar surface area (TPSA) is 76.7 Å². The molecule has 0 aliphatic rings. The lowest BCUT2D eigenvalue weighted by Gasteiger charge is -2.15. The van der Waals surface area contributed by atoms with E-state index in [0.29, 0.717) is 39.2 Å². The Kier molecular flexibility index (Phi) is 17.1. The normalized spacial score (nSPS) is 12.1. The molecule has 0 heterocycles. The molecule has 0 spiro atoms. The maximum atomic E-state index is 11.8. The number of nitrogens with one attached hydrogen (secondary N) is 2. The molecule has 0 aromatic heterocycles. The first-order chi connectivity index (χ1) is 12.2. The van der Waals surface area contributed by atoms with E-state index in [-0.39, 0.29) is 17.7 Å². The number of ether oxygens (including phenoxy) is 2. The number of hydrogen-bond acceptors (Lipinski definition) is 5. The fourth-order valence-electron chi connectivity index (χ4n) is 2.39.